The molecule has 0 spiro atoms. The normalized spacial score (nSPS) is 19.1. The number of alkyl halides is 1. The fourth-order valence-electron chi connectivity index (χ4n) is 1.71. The lowest BCUT2D eigenvalue weighted by molar-refractivity contribution is -0.120. The standard InChI is InChI=1S/C12H12ClNO/c1-8-2-3-9-7-10(4-5-13)12(15)14-11(9)6-8/h2-3,6-7,10H,4-5H2,1H3. The summed E-state index contributed by atoms with van der Waals surface area (Å²) in [5.74, 6) is 0.273. The van der Waals surface area contributed by atoms with Gasteiger partial charge >= 0.3 is 0 Å². The molecule has 78 valence electrons. The van der Waals surface area contributed by atoms with Crippen LogP contribution in [0.3, 0.4) is 0 Å². The van der Waals surface area contributed by atoms with E-state index < -0.39 is 0 Å². The minimum absolute atomic E-state index is 0.0752. The van der Waals surface area contributed by atoms with Crippen molar-refractivity contribution in [3.05, 3.63) is 34.3 Å². The van der Waals surface area contributed by atoms with Crippen LogP contribution in [0.2, 0.25) is 0 Å². The van der Waals surface area contributed by atoms with E-state index in [0.717, 1.165) is 16.1 Å². The Balaban J connectivity index is 2.52. The Morgan fingerprint density at radius 3 is 3.00 bits per heavy atom. The van der Waals surface area contributed by atoms with E-state index in [0.29, 0.717) is 12.3 Å². The zero-order valence-electron chi connectivity index (χ0n) is 8.53. The van der Waals surface area contributed by atoms with Crippen LogP contribution in [0.15, 0.2) is 23.2 Å². The molecule has 1 aromatic carbocycles. The van der Waals surface area contributed by atoms with Crippen molar-refractivity contribution in [2.75, 3.05) is 5.88 Å². The van der Waals surface area contributed by atoms with Gasteiger partial charge in [-0.15, -0.1) is 11.6 Å². The molecule has 1 atom stereocenters. The molecule has 1 unspecified atom stereocenters. The van der Waals surface area contributed by atoms with Crippen LogP contribution in [0.25, 0.3) is 6.08 Å². The minimum atomic E-state index is -0.141. The summed E-state index contributed by atoms with van der Waals surface area (Å²) < 4.78 is 0. The van der Waals surface area contributed by atoms with Crippen molar-refractivity contribution in [3.8, 4) is 0 Å². The number of carbonyl (C=O) groups excluding carboxylic acids is 1. The van der Waals surface area contributed by atoms with Gasteiger partial charge in [0.2, 0.25) is 0 Å². The van der Waals surface area contributed by atoms with E-state index in [1.54, 1.807) is 0 Å². The Bertz CT molecular complexity index is 507. The number of carbonyl (C=O) groups is 1. The zero-order chi connectivity index (χ0) is 10.8. The number of amides is 1. The summed E-state index contributed by atoms with van der Waals surface area (Å²) in [5.41, 5.74) is 1.12. The fraction of sp³-hybridized carbons (Fsp3) is 0.333. The minimum Gasteiger partial charge on any atom is -0.272 e. The number of rotatable bonds is 2. The second-order valence-corrected chi connectivity index (χ2v) is 4.14. The molecule has 1 aliphatic heterocycles. The predicted octanol–water partition coefficient (Wildman–Crippen LogP) is 1.18. The number of aryl methyl sites for hydroxylation is 1. The third-order valence-corrected chi connectivity index (χ3v) is 2.75. The summed E-state index contributed by atoms with van der Waals surface area (Å²) in [6, 6.07) is 5.96. The maximum atomic E-state index is 11.6. The van der Waals surface area contributed by atoms with Crippen LogP contribution >= 0.6 is 11.6 Å². The topological polar surface area (TPSA) is 29.4 Å². The van der Waals surface area contributed by atoms with Crippen molar-refractivity contribution in [2.24, 2.45) is 10.9 Å². The summed E-state index contributed by atoms with van der Waals surface area (Å²) >= 11 is 5.64. The monoisotopic (exact) mass is 221 g/mol. The highest BCUT2D eigenvalue weighted by Crippen LogP contribution is 2.10. The molecule has 0 fully saturated rings. The smallest absolute Gasteiger partial charge is 0.253 e. The molecule has 15 heavy (non-hydrogen) atoms. The van der Waals surface area contributed by atoms with E-state index in [1.165, 1.54) is 0 Å². The Morgan fingerprint density at radius 2 is 2.27 bits per heavy atom. The molecule has 1 aromatic rings. The highest BCUT2D eigenvalue weighted by molar-refractivity contribution is 6.18. The third-order valence-electron chi connectivity index (χ3n) is 2.53. The number of nitrogens with zero attached hydrogens (tertiary/aromatic N) is 1. The molecule has 1 amide bonds. The number of halogens is 1. The molecule has 0 bridgehead atoms. The average Bonchev–Trinajstić information content (AvgIpc) is 2.20. The van der Waals surface area contributed by atoms with Gasteiger partial charge in [-0.3, -0.25) is 4.79 Å². The molecule has 0 radical (unpaired) electrons. The van der Waals surface area contributed by atoms with Crippen LogP contribution in [-0.4, -0.2) is 11.8 Å². The van der Waals surface area contributed by atoms with Crippen molar-refractivity contribution in [1.29, 1.82) is 0 Å². The molecule has 0 saturated carbocycles. The number of hydrogen-bond acceptors (Lipinski definition) is 1. The van der Waals surface area contributed by atoms with Gasteiger partial charge in [-0.05, 0) is 30.2 Å². The molecular weight excluding hydrogens is 210 g/mol. The van der Waals surface area contributed by atoms with Gasteiger partial charge in [-0.1, -0.05) is 18.2 Å². The molecule has 3 heteroatoms. The molecule has 1 heterocycles. The predicted molar refractivity (Wildman–Crippen MR) is 60.3 cm³/mol. The van der Waals surface area contributed by atoms with Crippen LogP contribution in [0.1, 0.15) is 12.0 Å². The van der Waals surface area contributed by atoms with Gasteiger partial charge in [0.25, 0.3) is 5.91 Å². The maximum Gasteiger partial charge on any atom is 0.253 e. The number of hydrogen-bond donors (Lipinski definition) is 0. The lowest BCUT2D eigenvalue weighted by Gasteiger charge is -2.10. The second-order valence-electron chi connectivity index (χ2n) is 3.76. The second kappa shape index (κ2) is 4.15. The number of benzene rings is 1. The summed E-state index contributed by atoms with van der Waals surface area (Å²) in [6.07, 6.45) is 2.63. The van der Waals surface area contributed by atoms with Crippen molar-refractivity contribution in [3.63, 3.8) is 0 Å². The van der Waals surface area contributed by atoms with Crippen molar-refractivity contribution in [2.45, 2.75) is 13.3 Å². The fourth-order valence-corrected chi connectivity index (χ4v) is 1.94. The van der Waals surface area contributed by atoms with Crippen molar-refractivity contribution >= 4 is 23.6 Å². The van der Waals surface area contributed by atoms with Gasteiger partial charge in [0, 0.05) is 5.88 Å². The van der Waals surface area contributed by atoms with Crippen LogP contribution in [0.4, 0.5) is 0 Å². The Hall–Kier alpha value is -1.15. The molecule has 0 saturated heterocycles. The Kier molecular flexibility index (Phi) is 2.87. The van der Waals surface area contributed by atoms with Gasteiger partial charge in [0.05, 0.1) is 11.3 Å². The van der Waals surface area contributed by atoms with E-state index in [2.05, 4.69) is 4.99 Å². The Morgan fingerprint density at radius 1 is 1.47 bits per heavy atom. The van der Waals surface area contributed by atoms with Gasteiger partial charge < -0.3 is 0 Å². The van der Waals surface area contributed by atoms with Crippen LogP contribution < -0.4 is 10.6 Å². The first-order chi connectivity index (χ1) is 7.20. The van der Waals surface area contributed by atoms with Crippen molar-refractivity contribution < 1.29 is 4.79 Å². The van der Waals surface area contributed by atoms with Gasteiger partial charge in [0.15, 0.2) is 0 Å². The highest BCUT2D eigenvalue weighted by atomic mass is 35.5. The van der Waals surface area contributed by atoms with Gasteiger partial charge in [-0.2, -0.15) is 0 Å². The van der Waals surface area contributed by atoms with Crippen molar-refractivity contribution in [1.82, 2.24) is 0 Å². The number of fused-ring (bicyclic) bond motifs is 1. The summed E-state index contributed by atoms with van der Waals surface area (Å²) in [4.78, 5) is 15.7. The molecule has 1 aliphatic rings. The molecule has 0 N–H and O–H groups in total. The average molecular weight is 222 g/mol. The zero-order valence-corrected chi connectivity index (χ0v) is 9.29. The first-order valence-electron chi connectivity index (χ1n) is 4.98. The quantitative estimate of drug-likeness (QED) is 0.690. The molecule has 0 aliphatic carbocycles. The SMILES string of the molecule is Cc1ccc2c(c1)=NC(=O)C(CCCl)C=2. The van der Waals surface area contributed by atoms with Gasteiger partial charge in [0.1, 0.15) is 0 Å². The molecular formula is C12H12ClNO. The maximum absolute atomic E-state index is 11.6. The first-order valence-corrected chi connectivity index (χ1v) is 5.51. The van der Waals surface area contributed by atoms with Gasteiger partial charge in [-0.25, -0.2) is 4.99 Å². The lowest BCUT2D eigenvalue weighted by atomic mass is 10.0. The van der Waals surface area contributed by atoms with E-state index in [9.17, 15) is 4.79 Å². The molecule has 2 nitrogen and oxygen atoms in total. The van der Waals surface area contributed by atoms with E-state index >= 15 is 0 Å². The summed E-state index contributed by atoms with van der Waals surface area (Å²) in [7, 11) is 0. The highest BCUT2D eigenvalue weighted by Gasteiger charge is 2.17. The summed E-state index contributed by atoms with van der Waals surface area (Å²) in [6.45, 7) is 1.99. The Labute approximate surface area is 93.3 Å². The van der Waals surface area contributed by atoms with Crippen LogP contribution in [0, 0.1) is 12.8 Å². The summed E-state index contributed by atoms with van der Waals surface area (Å²) in [5, 5.41) is 1.82. The largest absolute Gasteiger partial charge is 0.272 e. The molecule has 2 rings (SSSR count). The van der Waals surface area contributed by atoms with E-state index in [1.807, 2.05) is 31.2 Å². The first kappa shape index (κ1) is 10.4. The van der Waals surface area contributed by atoms with Crippen LogP contribution in [0.5, 0.6) is 0 Å². The lowest BCUT2D eigenvalue weighted by Crippen LogP contribution is -2.33. The third kappa shape index (κ3) is 2.10. The molecule has 0 aromatic heterocycles. The van der Waals surface area contributed by atoms with Crippen LogP contribution in [-0.2, 0) is 4.79 Å². The van der Waals surface area contributed by atoms with E-state index in [4.69, 9.17) is 11.6 Å². The van der Waals surface area contributed by atoms with E-state index in [-0.39, 0.29) is 11.8 Å².